The standard InChI is InChI=1S/C15H23NO2/c1-12(2)6-4-7-13(3)10-15(18-11-17)14-8-5-9-16-14/h5-6,8-9,11,13,15-16H,4,7,10H2,1-3H3. The first-order chi connectivity index (χ1) is 8.63. The van der Waals surface area contributed by atoms with Gasteiger partial charge in [-0.2, -0.15) is 0 Å². The summed E-state index contributed by atoms with van der Waals surface area (Å²) < 4.78 is 5.16. The highest BCUT2D eigenvalue weighted by atomic mass is 16.5. The van der Waals surface area contributed by atoms with E-state index >= 15 is 0 Å². The molecule has 0 aromatic carbocycles. The molecular formula is C15H23NO2. The van der Waals surface area contributed by atoms with Gasteiger partial charge in [0.05, 0.1) is 5.69 Å². The average molecular weight is 249 g/mol. The van der Waals surface area contributed by atoms with Crippen LogP contribution >= 0.6 is 0 Å². The van der Waals surface area contributed by atoms with Crippen LogP contribution in [0.15, 0.2) is 30.0 Å². The molecule has 3 nitrogen and oxygen atoms in total. The van der Waals surface area contributed by atoms with Gasteiger partial charge in [-0.1, -0.05) is 18.6 Å². The smallest absolute Gasteiger partial charge is 0.293 e. The van der Waals surface area contributed by atoms with Crippen molar-refractivity contribution in [2.24, 2.45) is 5.92 Å². The molecule has 2 unspecified atom stereocenters. The van der Waals surface area contributed by atoms with Gasteiger partial charge in [-0.05, 0) is 51.2 Å². The molecule has 0 saturated heterocycles. The lowest BCUT2D eigenvalue weighted by molar-refractivity contribution is -0.134. The largest absolute Gasteiger partial charge is 0.458 e. The minimum absolute atomic E-state index is 0.154. The van der Waals surface area contributed by atoms with Crippen molar-refractivity contribution in [1.29, 1.82) is 0 Å². The average Bonchev–Trinajstić information content (AvgIpc) is 2.81. The lowest BCUT2D eigenvalue weighted by Gasteiger charge is -2.18. The van der Waals surface area contributed by atoms with E-state index in [9.17, 15) is 4.79 Å². The fourth-order valence-corrected chi connectivity index (χ4v) is 2.01. The third-order valence-corrected chi connectivity index (χ3v) is 3.02. The molecule has 100 valence electrons. The number of allylic oxidation sites excluding steroid dienone is 2. The van der Waals surface area contributed by atoms with E-state index in [0.29, 0.717) is 12.4 Å². The zero-order chi connectivity index (χ0) is 13.4. The molecular weight excluding hydrogens is 226 g/mol. The van der Waals surface area contributed by atoms with Crippen molar-refractivity contribution < 1.29 is 9.53 Å². The fraction of sp³-hybridized carbons (Fsp3) is 0.533. The topological polar surface area (TPSA) is 42.1 Å². The van der Waals surface area contributed by atoms with E-state index in [-0.39, 0.29) is 6.10 Å². The summed E-state index contributed by atoms with van der Waals surface area (Å²) in [4.78, 5) is 13.7. The number of nitrogens with one attached hydrogen (secondary N) is 1. The number of aromatic nitrogens is 1. The molecule has 18 heavy (non-hydrogen) atoms. The zero-order valence-corrected chi connectivity index (χ0v) is 11.5. The van der Waals surface area contributed by atoms with Crippen LogP contribution in [0, 0.1) is 5.92 Å². The van der Waals surface area contributed by atoms with Crippen LogP contribution in [-0.4, -0.2) is 11.5 Å². The number of carbonyl (C=O) groups is 1. The summed E-state index contributed by atoms with van der Waals surface area (Å²) >= 11 is 0. The molecule has 1 heterocycles. The van der Waals surface area contributed by atoms with Crippen molar-refractivity contribution in [2.75, 3.05) is 0 Å². The molecule has 0 bridgehead atoms. The van der Waals surface area contributed by atoms with Gasteiger partial charge in [0.2, 0.25) is 0 Å². The summed E-state index contributed by atoms with van der Waals surface area (Å²) in [5.41, 5.74) is 2.32. The second kappa shape index (κ2) is 7.75. The predicted octanol–water partition coefficient (Wildman–Crippen LogP) is 4.00. The molecule has 1 N–H and O–H groups in total. The van der Waals surface area contributed by atoms with Gasteiger partial charge < -0.3 is 9.72 Å². The highest BCUT2D eigenvalue weighted by molar-refractivity contribution is 5.38. The van der Waals surface area contributed by atoms with Crippen LogP contribution in [0.5, 0.6) is 0 Å². The van der Waals surface area contributed by atoms with Crippen LogP contribution in [0.25, 0.3) is 0 Å². The molecule has 0 aliphatic carbocycles. The van der Waals surface area contributed by atoms with E-state index in [2.05, 4.69) is 31.8 Å². The fourth-order valence-electron chi connectivity index (χ4n) is 2.01. The van der Waals surface area contributed by atoms with E-state index in [1.54, 1.807) is 0 Å². The molecule has 1 aromatic rings. The Hall–Kier alpha value is -1.51. The molecule has 0 fully saturated rings. The van der Waals surface area contributed by atoms with Gasteiger partial charge in [0.1, 0.15) is 6.10 Å². The van der Waals surface area contributed by atoms with Crippen molar-refractivity contribution in [3.8, 4) is 0 Å². The number of hydrogen-bond donors (Lipinski definition) is 1. The van der Waals surface area contributed by atoms with Crippen LogP contribution in [0.4, 0.5) is 0 Å². The second-order valence-electron chi connectivity index (χ2n) is 5.05. The maximum absolute atomic E-state index is 10.5. The molecule has 2 atom stereocenters. The Kier molecular flexibility index (Phi) is 6.26. The Bertz CT molecular complexity index is 364. The van der Waals surface area contributed by atoms with Crippen LogP contribution in [0.1, 0.15) is 51.8 Å². The van der Waals surface area contributed by atoms with Crippen LogP contribution in [0.2, 0.25) is 0 Å². The summed E-state index contributed by atoms with van der Waals surface area (Å²) in [5.74, 6) is 0.522. The van der Waals surface area contributed by atoms with E-state index < -0.39 is 0 Å². The van der Waals surface area contributed by atoms with Crippen molar-refractivity contribution in [1.82, 2.24) is 4.98 Å². The van der Waals surface area contributed by atoms with Gasteiger partial charge in [-0.15, -0.1) is 0 Å². The Labute approximate surface area is 109 Å². The number of H-pyrrole nitrogens is 1. The summed E-state index contributed by atoms with van der Waals surface area (Å²) in [6.07, 6.45) is 7.01. The first kappa shape index (κ1) is 14.6. The Balaban J connectivity index is 2.46. The molecule has 1 aromatic heterocycles. The molecule has 0 spiro atoms. The monoisotopic (exact) mass is 249 g/mol. The molecule has 1 rings (SSSR count). The lowest BCUT2D eigenvalue weighted by Crippen LogP contribution is -2.09. The summed E-state index contributed by atoms with van der Waals surface area (Å²) in [6.45, 7) is 6.96. The summed E-state index contributed by atoms with van der Waals surface area (Å²) in [6, 6.07) is 3.88. The first-order valence-electron chi connectivity index (χ1n) is 6.49. The number of ether oxygens (including phenoxy) is 1. The van der Waals surface area contributed by atoms with Crippen molar-refractivity contribution >= 4 is 6.47 Å². The minimum Gasteiger partial charge on any atom is -0.458 e. The van der Waals surface area contributed by atoms with Crippen LogP contribution in [-0.2, 0) is 9.53 Å². The maximum atomic E-state index is 10.5. The summed E-state index contributed by atoms with van der Waals surface area (Å²) in [5, 5.41) is 0. The SMILES string of the molecule is CC(C)=CCCC(C)CC(OC=O)c1ccc[nH]1. The van der Waals surface area contributed by atoms with Crippen LogP contribution < -0.4 is 0 Å². The number of carbonyl (C=O) groups excluding carboxylic acids is 1. The minimum atomic E-state index is -0.154. The number of aromatic amines is 1. The van der Waals surface area contributed by atoms with Crippen molar-refractivity contribution in [3.63, 3.8) is 0 Å². The van der Waals surface area contributed by atoms with Gasteiger partial charge in [0, 0.05) is 6.20 Å². The van der Waals surface area contributed by atoms with Gasteiger partial charge >= 0.3 is 0 Å². The molecule has 0 radical (unpaired) electrons. The molecule has 0 saturated carbocycles. The first-order valence-corrected chi connectivity index (χ1v) is 6.49. The number of rotatable bonds is 8. The third-order valence-electron chi connectivity index (χ3n) is 3.02. The summed E-state index contributed by atoms with van der Waals surface area (Å²) in [7, 11) is 0. The van der Waals surface area contributed by atoms with Gasteiger partial charge in [0.15, 0.2) is 0 Å². The van der Waals surface area contributed by atoms with Gasteiger partial charge in [-0.3, -0.25) is 4.79 Å². The Morgan fingerprint density at radius 3 is 2.83 bits per heavy atom. The van der Waals surface area contributed by atoms with Gasteiger partial charge in [0.25, 0.3) is 6.47 Å². The van der Waals surface area contributed by atoms with Gasteiger partial charge in [-0.25, -0.2) is 0 Å². The maximum Gasteiger partial charge on any atom is 0.293 e. The van der Waals surface area contributed by atoms with Crippen molar-refractivity contribution in [3.05, 3.63) is 35.7 Å². The van der Waals surface area contributed by atoms with Crippen molar-refractivity contribution in [2.45, 2.75) is 46.1 Å². The normalized spacial score (nSPS) is 13.7. The zero-order valence-electron chi connectivity index (χ0n) is 11.5. The van der Waals surface area contributed by atoms with E-state index in [1.807, 2.05) is 18.3 Å². The highest BCUT2D eigenvalue weighted by Gasteiger charge is 2.16. The quantitative estimate of drug-likeness (QED) is 0.559. The Morgan fingerprint density at radius 2 is 2.28 bits per heavy atom. The van der Waals surface area contributed by atoms with E-state index in [4.69, 9.17) is 4.74 Å². The second-order valence-corrected chi connectivity index (χ2v) is 5.05. The molecule has 3 heteroatoms. The third kappa shape index (κ3) is 5.21. The number of hydrogen-bond acceptors (Lipinski definition) is 2. The predicted molar refractivity (Wildman–Crippen MR) is 73.1 cm³/mol. The van der Waals surface area contributed by atoms with Crippen LogP contribution in [0.3, 0.4) is 0 Å². The lowest BCUT2D eigenvalue weighted by atomic mass is 9.96. The molecule has 0 amide bonds. The Morgan fingerprint density at radius 1 is 1.50 bits per heavy atom. The van der Waals surface area contributed by atoms with E-state index in [1.165, 1.54) is 5.57 Å². The molecule has 0 aliphatic heterocycles. The van der Waals surface area contributed by atoms with E-state index in [0.717, 1.165) is 25.0 Å². The highest BCUT2D eigenvalue weighted by Crippen LogP contribution is 2.25. The molecule has 0 aliphatic rings.